The Labute approximate surface area is 55.9 Å². The Balaban J connectivity index is 2.88. The van der Waals surface area contributed by atoms with Crippen LogP contribution in [0.1, 0.15) is 0 Å². The number of fused-ring (bicyclic) bond motifs is 1. The van der Waals surface area contributed by atoms with Gasteiger partial charge in [-0.1, -0.05) is 5.10 Å². The van der Waals surface area contributed by atoms with Gasteiger partial charge >= 0.3 is 0 Å². The smallest absolute Gasteiger partial charge is 0.205 e. The van der Waals surface area contributed by atoms with Gasteiger partial charge in [0.05, 0.1) is 0 Å². The van der Waals surface area contributed by atoms with Crippen LogP contribution in [0.4, 0.5) is 0 Å². The van der Waals surface area contributed by atoms with E-state index in [0.29, 0.717) is 16.1 Å². The lowest BCUT2D eigenvalue weighted by Gasteiger charge is -1.77. The van der Waals surface area contributed by atoms with E-state index in [2.05, 4.69) is 15.2 Å². The number of rotatable bonds is 0. The molecule has 1 N–H and O–H groups in total. The van der Waals surface area contributed by atoms with E-state index < -0.39 is 0 Å². The Bertz CT molecular complexity index is 322. The van der Waals surface area contributed by atoms with Crippen molar-refractivity contribution in [3.05, 3.63) is 18.3 Å². The van der Waals surface area contributed by atoms with Gasteiger partial charge in [-0.25, -0.2) is 4.98 Å². The minimum atomic E-state index is 0.449. The zero-order valence-electron chi connectivity index (χ0n) is 4.97. The van der Waals surface area contributed by atoms with Gasteiger partial charge in [0.15, 0.2) is 0 Å². The van der Waals surface area contributed by atoms with Crippen molar-refractivity contribution < 1.29 is 5.21 Å². The van der Waals surface area contributed by atoms with Gasteiger partial charge in [-0.2, -0.15) is 0 Å². The monoisotopic (exact) mass is 136 g/mol. The molecule has 50 valence electrons. The van der Waals surface area contributed by atoms with E-state index >= 15 is 0 Å². The summed E-state index contributed by atoms with van der Waals surface area (Å²) < 4.78 is 0. The highest BCUT2D eigenvalue weighted by molar-refractivity contribution is 5.67. The van der Waals surface area contributed by atoms with Crippen LogP contribution in [0.3, 0.4) is 0 Å². The average Bonchev–Trinajstić information content (AvgIpc) is 2.27. The molecule has 0 aliphatic carbocycles. The standard InChI is InChI=1S/C5H4N4O/c10-9-7-4-2-1-3-6-5(4)8-9/h1-3,10H. The molecule has 2 aromatic heterocycles. The van der Waals surface area contributed by atoms with Crippen molar-refractivity contribution in [2.45, 2.75) is 0 Å². The zero-order chi connectivity index (χ0) is 6.97. The van der Waals surface area contributed by atoms with E-state index in [1.165, 1.54) is 0 Å². The average molecular weight is 136 g/mol. The van der Waals surface area contributed by atoms with E-state index in [1.807, 2.05) is 0 Å². The van der Waals surface area contributed by atoms with Crippen molar-refractivity contribution in [3.8, 4) is 0 Å². The normalized spacial score (nSPS) is 10.4. The summed E-state index contributed by atoms with van der Waals surface area (Å²) in [7, 11) is 0. The maximum atomic E-state index is 8.71. The lowest BCUT2D eigenvalue weighted by atomic mass is 10.4. The van der Waals surface area contributed by atoms with Crippen LogP contribution in [0.2, 0.25) is 0 Å². The third kappa shape index (κ3) is 0.604. The molecule has 2 aromatic rings. The highest BCUT2D eigenvalue weighted by Crippen LogP contribution is 2.01. The Kier molecular flexibility index (Phi) is 0.858. The second kappa shape index (κ2) is 1.66. The van der Waals surface area contributed by atoms with Crippen LogP contribution in [-0.2, 0) is 0 Å². The summed E-state index contributed by atoms with van der Waals surface area (Å²) >= 11 is 0. The molecule has 5 heteroatoms. The van der Waals surface area contributed by atoms with Gasteiger partial charge in [0, 0.05) is 6.20 Å². The lowest BCUT2D eigenvalue weighted by molar-refractivity contribution is 0.113. The third-order valence-electron chi connectivity index (χ3n) is 1.15. The predicted octanol–water partition coefficient (Wildman–Crippen LogP) is 0.0636. The maximum absolute atomic E-state index is 8.71. The fraction of sp³-hybridized carbons (Fsp3) is 0. The second-order valence-corrected chi connectivity index (χ2v) is 1.81. The van der Waals surface area contributed by atoms with Crippen molar-refractivity contribution in [1.29, 1.82) is 0 Å². The summed E-state index contributed by atoms with van der Waals surface area (Å²) in [6.07, 6.45) is 1.59. The summed E-state index contributed by atoms with van der Waals surface area (Å²) in [5.41, 5.74) is 1.04. The minimum absolute atomic E-state index is 0.449. The van der Waals surface area contributed by atoms with E-state index in [1.54, 1.807) is 18.3 Å². The van der Waals surface area contributed by atoms with E-state index in [-0.39, 0.29) is 0 Å². The van der Waals surface area contributed by atoms with Crippen molar-refractivity contribution in [3.63, 3.8) is 0 Å². The molecule has 5 nitrogen and oxygen atoms in total. The Morgan fingerprint density at radius 1 is 1.40 bits per heavy atom. The molecule has 0 spiro atoms. The molecule has 0 fully saturated rings. The highest BCUT2D eigenvalue weighted by Gasteiger charge is 1.98. The van der Waals surface area contributed by atoms with Gasteiger partial charge in [-0.3, -0.25) is 0 Å². The van der Waals surface area contributed by atoms with Gasteiger partial charge in [-0.15, -0.1) is 5.10 Å². The molecule has 0 amide bonds. The zero-order valence-corrected chi connectivity index (χ0v) is 4.97. The first-order valence-corrected chi connectivity index (χ1v) is 2.73. The molecule has 0 aliphatic heterocycles. The van der Waals surface area contributed by atoms with Crippen LogP contribution in [-0.4, -0.2) is 25.3 Å². The molecular weight excluding hydrogens is 132 g/mol. The van der Waals surface area contributed by atoms with Crippen LogP contribution in [0.5, 0.6) is 0 Å². The van der Waals surface area contributed by atoms with E-state index in [9.17, 15) is 0 Å². The first kappa shape index (κ1) is 5.16. The van der Waals surface area contributed by atoms with Crippen LogP contribution < -0.4 is 0 Å². The van der Waals surface area contributed by atoms with Gasteiger partial charge < -0.3 is 5.21 Å². The lowest BCUT2D eigenvalue weighted by Crippen LogP contribution is -1.92. The number of nitrogens with zero attached hydrogens (tertiary/aromatic N) is 4. The van der Waals surface area contributed by atoms with Gasteiger partial charge in [0.1, 0.15) is 5.52 Å². The fourth-order valence-electron chi connectivity index (χ4n) is 0.747. The highest BCUT2D eigenvalue weighted by atomic mass is 16.5. The topological polar surface area (TPSA) is 63.8 Å². The summed E-state index contributed by atoms with van der Waals surface area (Å²) in [6.45, 7) is 0. The summed E-state index contributed by atoms with van der Waals surface area (Å²) in [5.74, 6) is 0. The van der Waals surface area contributed by atoms with Crippen molar-refractivity contribution in [1.82, 2.24) is 20.1 Å². The van der Waals surface area contributed by atoms with Crippen molar-refractivity contribution >= 4 is 11.2 Å². The fourth-order valence-corrected chi connectivity index (χ4v) is 0.747. The largest absolute Gasteiger partial charge is 0.396 e. The quantitative estimate of drug-likeness (QED) is 0.520. The molecule has 0 saturated heterocycles. The SMILES string of the molecule is On1nc2cccnc2n1. The first-order chi connectivity index (χ1) is 4.86. The molecular formula is C5H4N4O. The van der Waals surface area contributed by atoms with Crippen LogP contribution in [0.25, 0.3) is 11.2 Å². The van der Waals surface area contributed by atoms with Crippen molar-refractivity contribution in [2.24, 2.45) is 0 Å². The van der Waals surface area contributed by atoms with Crippen LogP contribution in [0, 0.1) is 0 Å². The number of pyridine rings is 1. The Hall–Kier alpha value is -1.65. The molecule has 10 heavy (non-hydrogen) atoms. The molecule has 0 atom stereocenters. The van der Waals surface area contributed by atoms with E-state index in [0.717, 1.165) is 0 Å². The summed E-state index contributed by atoms with van der Waals surface area (Å²) in [4.78, 5) is 4.36. The predicted molar refractivity (Wildman–Crippen MR) is 32.5 cm³/mol. The van der Waals surface area contributed by atoms with Crippen molar-refractivity contribution in [2.75, 3.05) is 0 Å². The first-order valence-electron chi connectivity index (χ1n) is 2.73. The molecule has 0 aliphatic rings. The number of hydrogen-bond donors (Lipinski definition) is 1. The van der Waals surface area contributed by atoms with Crippen LogP contribution >= 0.6 is 0 Å². The Morgan fingerprint density at radius 2 is 2.30 bits per heavy atom. The molecule has 0 saturated carbocycles. The number of hydrogen-bond acceptors (Lipinski definition) is 4. The molecule has 2 heterocycles. The second-order valence-electron chi connectivity index (χ2n) is 1.81. The van der Waals surface area contributed by atoms with Gasteiger partial charge in [0.2, 0.25) is 5.65 Å². The van der Waals surface area contributed by atoms with Crippen LogP contribution in [0.15, 0.2) is 18.3 Å². The third-order valence-corrected chi connectivity index (χ3v) is 1.15. The molecule has 0 aromatic carbocycles. The molecule has 0 unspecified atom stereocenters. The maximum Gasteiger partial charge on any atom is 0.205 e. The Morgan fingerprint density at radius 3 is 3.10 bits per heavy atom. The summed E-state index contributed by atoms with van der Waals surface area (Å²) in [6, 6.07) is 3.46. The van der Waals surface area contributed by atoms with Gasteiger partial charge in [-0.05, 0) is 17.1 Å². The summed E-state index contributed by atoms with van der Waals surface area (Å²) in [5, 5.41) is 15.9. The van der Waals surface area contributed by atoms with E-state index in [4.69, 9.17) is 5.21 Å². The number of aromatic nitrogens is 4. The molecule has 0 radical (unpaired) electrons. The molecule has 0 bridgehead atoms. The minimum Gasteiger partial charge on any atom is -0.396 e. The molecule has 2 rings (SSSR count). The van der Waals surface area contributed by atoms with Gasteiger partial charge in [0.25, 0.3) is 0 Å².